The molecule has 0 aliphatic carbocycles. The molecule has 0 amide bonds. The Kier molecular flexibility index (Phi) is 6.89. The highest BCUT2D eigenvalue weighted by molar-refractivity contribution is 5.90. The van der Waals surface area contributed by atoms with Crippen molar-refractivity contribution in [3.63, 3.8) is 0 Å². The Bertz CT molecular complexity index is 862. The molecular weight excluding hydrogens is 328 g/mol. The van der Waals surface area contributed by atoms with Crippen LogP contribution >= 0.6 is 0 Å². The highest BCUT2D eigenvalue weighted by atomic mass is 16.5. The maximum Gasteiger partial charge on any atom is 0.297 e. The number of nitrogens with zero attached hydrogens (tertiary/aromatic N) is 1. The van der Waals surface area contributed by atoms with Crippen LogP contribution < -0.4 is 20.8 Å². The SMILES string of the molecule is C=CCOc1c(OCC=C(C)C)c2ccc(N)cc2n(CCCC)c1=O. The van der Waals surface area contributed by atoms with E-state index in [0.29, 0.717) is 24.6 Å². The van der Waals surface area contributed by atoms with E-state index in [1.165, 1.54) is 0 Å². The number of hydrogen-bond acceptors (Lipinski definition) is 4. The molecular formula is C21H28N2O3. The zero-order valence-corrected chi connectivity index (χ0v) is 15.9. The lowest BCUT2D eigenvalue weighted by Crippen LogP contribution is -2.24. The zero-order valence-electron chi connectivity index (χ0n) is 15.9. The standard InChI is InChI=1S/C21H28N2O3/c1-5-7-11-23-18-14-16(22)8-9-17(18)19(26-13-10-15(3)4)20(21(23)24)25-12-6-2/h6,8-10,14H,2,5,7,11-13,22H2,1,3-4H3. The Morgan fingerprint density at radius 2 is 1.96 bits per heavy atom. The number of pyridine rings is 1. The van der Waals surface area contributed by atoms with E-state index in [1.807, 2.05) is 38.1 Å². The largest absolute Gasteiger partial charge is 0.485 e. The van der Waals surface area contributed by atoms with Gasteiger partial charge in [0.2, 0.25) is 5.75 Å². The van der Waals surface area contributed by atoms with E-state index < -0.39 is 0 Å². The minimum Gasteiger partial charge on any atom is -0.485 e. The number of ether oxygens (including phenoxy) is 2. The van der Waals surface area contributed by atoms with Gasteiger partial charge in [0.25, 0.3) is 5.56 Å². The van der Waals surface area contributed by atoms with Crippen molar-refractivity contribution < 1.29 is 9.47 Å². The lowest BCUT2D eigenvalue weighted by atomic mass is 10.1. The number of nitrogens with two attached hydrogens (primary N) is 1. The second kappa shape index (κ2) is 9.13. The van der Waals surface area contributed by atoms with Crippen molar-refractivity contribution in [1.29, 1.82) is 0 Å². The van der Waals surface area contributed by atoms with E-state index in [4.69, 9.17) is 15.2 Å². The summed E-state index contributed by atoms with van der Waals surface area (Å²) in [5, 5.41) is 0.816. The molecule has 1 heterocycles. The van der Waals surface area contributed by atoms with Crippen LogP contribution in [0.1, 0.15) is 33.6 Å². The molecule has 0 aliphatic heterocycles. The highest BCUT2D eigenvalue weighted by Gasteiger charge is 2.19. The first kappa shape index (κ1) is 19.6. The highest BCUT2D eigenvalue weighted by Crippen LogP contribution is 2.34. The molecule has 140 valence electrons. The van der Waals surface area contributed by atoms with Crippen LogP contribution in [0.4, 0.5) is 5.69 Å². The van der Waals surface area contributed by atoms with Crippen LogP contribution in [-0.2, 0) is 6.54 Å². The first-order chi connectivity index (χ1) is 12.5. The van der Waals surface area contributed by atoms with Gasteiger partial charge in [-0.3, -0.25) is 4.79 Å². The van der Waals surface area contributed by atoms with Gasteiger partial charge in [-0.15, -0.1) is 0 Å². The molecule has 1 aromatic heterocycles. The van der Waals surface area contributed by atoms with Gasteiger partial charge in [0.1, 0.15) is 13.2 Å². The van der Waals surface area contributed by atoms with Crippen molar-refractivity contribution in [2.24, 2.45) is 0 Å². The second-order valence-corrected chi connectivity index (χ2v) is 6.44. The lowest BCUT2D eigenvalue weighted by molar-refractivity contribution is 0.304. The molecule has 0 fully saturated rings. The van der Waals surface area contributed by atoms with Crippen LogP contribution in [0.5, 0.6) is 11.5 Å². The number of aryl methyl sites for hydroxylation is 1. The molecule has 26 heavy (non-hydrogen) atoms. The molecule has 5 heteroatoms. The fraction of sp³-hybridized carbons (Fsp3) is 0.381. The van der Waals surface area contributed by atoms with Crippen LogP contribution in [-0.4, -0.2) is 17.8 Å². The Hall–Kier alpha value is -2.69. The molecule has 1 aromatic carbocycles. The first-order valence-electron chi connectivity index (χ1n) is 8.95. The van der Waals surface area contributed by atoms with Gasteiger partial charge in [-0.2, -0.15) is 0 Å². The number of anilines is 1. The van der Waals surface area contributed by atoms with Crippen LogP contribution in [0.25, 0.3) is 10.9 Å². The summed E-state index contributed by atoms with van der Waals surface area (Å²) in [6.45, 7) is 11.0. The van der Waals surface area contributed by atoms with Crippen LogP contribution in [0.15, 0.2) is 47.3 Å². The Morgan fingerprint density at radius 3 is 2.62 bits per heavy atom. The van der Waals surface area contributed by atoms with Crippen molar-refractivity contribution in [3.05, 3.63) is 52.9 Å². The number of benzene rings is 1. The number of hydrogen-bond donors (Lipinski definition) is 1. The Labute approximate surface area is 154 Å². The number of unbranched alkanes of at least 4 members (excludes halogenated alkanes) is 1. The number of rotatable bonds is 9. The summed E-state index contributed by atoms with van der Waals surface area (Å²) in [6, 6.07) is 5.50. The third kappa shape index (κ3) is 4.48. The average Bonchev–Trinajstić information content (AvgIpc) is 2.60. The van der Waals surface area contributed by atoms with Crippen molar-refractivity contribution in [2.45, 2.75) is 40.2 Å². The first-order valence-corrected chi connectivity index (χ1v) is 8.95. The van der Waals surface area contributed by atoms with E-state index in [2.05, 4.69) is 13.5 Å². The molecule has 2 N–H and O–H groups in total. The summed E-state index contributed by atoms with van der Waals surface area (Å²) in [4.78, 5) is 13.1. The lowest BCUT2D eigenvalue weighted by Gasteiger charge is -2.18. The van der Waals surface area contributed by atoms with E-state index in [1.54, 1.807) is 10.6 Å². The predicted molar refractivity (Wildman–Crippen MR) is 108 cm³/mol. The van der Waals surface area contributed by atoms with Crippen molar-refractivity contribution in [2.75, 3.05) is 18.9 Å². The Morgan fingerprint density at radius 1 is 1.23 bits per heavy atom. The monoisotopic (exact) mass is 356 g/mol. The van der Waals surface area contributed by atoms with Gasteiger partial charge in [0.15, 0.2) is 5.75 Å². The Balaban J connectivity index is 2.69. The molecule has 5 nitrogen and oxygen atoms in total. The number of aromatic nitrogens is 1. The molecule has 0 aliphatic rings. The number of fused-ring (bicyclic) bond motifs is 1. The molecule has 0 saturated carbocycles. The summed E-state index contributed by atoms with van der Waals surface area (Å²) in [5.74, 6) is 0.678. The quantitative estimate of drug-likeness (QED) is 0.537. The van der Waals surface area contributed by atoms with E-state index in [0.717, 1.165) is 29.3 Å². The maximum absolute atomic E-state index is 13.1. The zero-order chi connectivity index (χ0) is 19.1. The second-order valence-electron chi connectivity index (χ2n) is 6.44. The number of allylic oxidation sites excluding steroid dienone is 1. The topological polar surface area (TPSA) is 66.5 Å². The van der Waals surface area contributed by atoms with Gasteiger partial charge >= 0.3 is 0 Å². The van der Waals surface area contributed by atoms with Gasteiger partial charge in [0.05, 0.1) is 5.52 Å². The predicted octanol–water partition coefficient (Wildman–Crippen LogP) is 4.29. The molecule has 0 radical (unpaired) electrons. The summed E-state index contributed by atoms with van der Waals surface area (Å²) in [5.41, 5.74) is 8.28. The van der Waals surface area contributed by atoms with Gasteiger partial charge in [0, 0.05) is 17.6 Å². The third-order valence-electron chi connectivity index (χ3n) is 4.00. The van der Waals surface area contributed by atoms with Gasteiger partial charge < -0.3 is 19.8 Å². The normalized spacial score (nSPS) is 10.6. The molecule has 0 saturated heterocycles. The van der Waals surface area contributed by atoms with Gasteiger partial charge in [-0.1, -0.05) is 31.6 Å². The van der Waals surface area contributed by atoms with E-state index >= 15 is 0 Å². The van der Waals surface area contributed by atoms with Crippen LogP contribution in [0.3, 0.4) is 0 Å². The minimum absolute atomic E-state index is 0.203. The molecule has 0 bridgehead atoms. The fourth-order valence-electron chi connectivity index (χ4n) is 2.66. The summed E-state index contributed by atoms with van der Waals surface area (Å²) >= 11 is 0. The molecule has 2 rings (SSSR count). The van der Waals surface area contributed by atoms with Crippen molar-refractivity contribution in [1.82, 2.24) is 4.57 Å². The van der Waals surface area contributed by atoms with E-state index in [9.17, 15) is 4.79 Å². The maximum atomic E-state index is 13.1. The van der Waals surface area contributed by atoms with Gasteiger partial charge in [-0.05, 0) is 44.5 Å². The summed E-state index contributed by atoms with van der Waals surface area (Å²) < 4.78 is 13.4. The average molecular weight is 356 g/mol. The van der Waals surface area contributed by atoms with Gasteiger partial charge in [-0.25, -0.2) is 0 Å². The van der Waals surface area contributed by atoms with E-state index in [-0.39, 0.29) is 17.9 Å². The molecule has 0 atom stereocenters. The molecule has 0 spiro atoms. The third-order valence-corrected chi connectivity index (χ3v) is 4.00. The van der Waals surface area contributed by atoms with Crippen LogP contribution in [0.2, 0.25) is 0 Å². The van der Waals surface area contributed by atoms with Crippen molar-refractivity contribution >= 4 is 16.6 Å². The smallest absolute Gasteiger partial charge is 0.297 e. The fourth-order valence-corrected chi connectivity index (χ4v) is 2.66. The number of nitrogen functional groups attached to an aromatic ring is 1. The summed E-state index contributed by atoms with van der Waals surface area (Å²) in [6.07, 6.45) is 5.45. The minimum atomic E-state index is -0.203. The van der Waals surface area contributed by atoms with Crippen LogP contribution in [0, 0.1) is 0 Å². The summed E-state index contributed by atoms with van der Waals surface area (Å²) in [7, 11) is 0. The van der Waals surface area contributed by atoms with Crippen molar-refractivity contribution in [3.8, 4) is 11.5 Å². The molecule has 0 unspecified atom stereocenters. The molecule has 2 aromatic rings.